The lowest BCUT2D eigenvalue weighted by atomic mass is 9.90. The van der Waals surface area contributed by atoms with Crippen molar-refractivity contribution >= 4 is 13.1 Å². The summed E-state index contributed by atoms with van der Waals surface area (Å²) in [5.41, 5.74) is 6.61. The summed E-state index contributed by atoms with van der Waals surface area (Å²) < 4.78 is 35.8. The first kappa shape index (κ1) is 10.9. The Bertz CT molecular complexity index is 333. The molecule has 0 aliphatic heterocycles. The molecular weight excluding hydrogens is 190 g/mol. The van der Waals surface area contributed by atoms with Crippen molar-refractivity contribution in [1.82, 2.24) is 0 Å². The molecule has 0 unspecified atom stereocenters. The van der Waals surface area contributed by atoms with Gasteiger partial charge in [0.05, 0.1) is 0 Å². The van der Waals surface area contributed by atoms with Crippen LogP contribution in [0.1, 0.15) is 11.1 Å². The summed E-state index contributed by atoms with van der Waals surface area (Å²) >= 11 is 0. The molecule has 0 aromatic heterocycles. The van der Waals surface area contributed by atoms with Crippen LogP contribution in [0, 0.1) is 0 Å². The molecule has 0 fully saturated rings. The highest BCUT2D eigenvalue weighted by Crippen LogP contribution is 2.15. The summed E-state index contributed by atoms with van der Waals surface area (Å²) in [7, 11) is 0. The first-order valence-corrected chi connectivity index (χ1v) is 4.20. The van der Waals surface area contributed by atoms with Crippen LogP contribution in [0.5, 0.6) is 0 Å². The minimum absolute atomic E-state index is 0.241. The first-order chi connectivity index (χ1) is 6.53. The third-order valence-corrected chi connectivity index (χ3v) is 1.77. The normalized spacial score (nSPS) is 12.3. The lowest BCUT2D eigenvalue weighted by Gasteiger charge is -2.08. The molecular formula is C9H10BF3N-. The molecule has 0 heterocycles. The van der Waals surface area contributed by atoms with Gasteiger partial charge in [-0.1, -0.05) is 30.3 Å². The van der Waals surface area contributed by atoms with Crippen molar-refractivity contribution in [3.8, 4) is 0 Å². The molecule has 1 nitrogen and oxygen atoms in total. The van der Waals surface area contributed by atoms with Crippen LogP contribution in [0.4, 0.5) is 12.9 Å². The minimum atomic E-state index is -4.87. The van der Waals surface area contributed by atoms with Crippen LogP contribution < -0.4 is 5.73 Å². The molecule has 0 amide bonds. The topological polar surface area (TPSA) is 26.0 Å². The molecule has 76 valence electrons. The highest BCUT2D eigenvalue weighted by molar-refractivity contribution is 6.64. The highest BCUT2D eigenvalue weighted by atomic mass is 19.4. The van der Waals surface area contributed by atoms with Gasteiger partial charge in [0.25, 0.3) is 0 Å². The van der Waals surface area contributed by atoms with Crippen LogP contribution in [0.3, 0.4) is 0 Å². The van der Waals surface area contributed by atoms with Gasteiger partial charge in [0.15, 0.2) is 0 Å². The molecule has 1 rings (SSSR count). The smallest absolute Gasteiger partial charge is 0.445 e. The summed E-state index contributed by atoms with van der Waals surface area (Å²) in [6, 6.07) is 6.75. The fraction of sp³-hybridized carbons (Fsp3) is 0.111. The zero-order chi connectivity index (χ0) is 10.6. The van der Waals surface area contributed by atoms with Gasteiger partial charge in [0, 0.05) is 6.54 Å². The summed E-state index contributed by atoms with van der Waals surface area (Å²) in [6.45, 7) is -4.63. The lowest BCUT2D eigenvalue weighted by molar-refractivity contribution is 0.499. The summed E-state index contributed by atoms with van der Waals surface area (Å²) in [5.74, 6) is 0.272. The van der Waals surface area contributed by atoms with E-state index in [-0.39, 0.29) is 12.5 Å². The number of rotatable bonds is 3. The molecule has 0 spiro atoms. The lowest BCUT2D eigenvalue weighted by Crippen LogP contribution is -2.09. The molecule has 5 heteroatoms. The Hall–Kier alpha value is -1.23. The van der Waals surface area contributed by atoms with E-state index in [1.165, 1.54) is 0 Å². The maximum absolute atomic E-state index is 11.9. The van der Waals surface area contributed by atoms with E-state index in [4.69, 9.17) is 5.73 Å². The summed E-state index contributed by atoms with van der Waals surface area (Å²) in [4.78, 5) is 0. The van der Waals surface area contributed by atoms with Gasteiger partial charge in [-0.05, 0) is 11.1 Å². The molecule has 0 bridgehead atoms. The number of nitrogens with two attached hydrogens (primary N) is 1. The molecule has 0 aliphatic carbocycles. The second-order valence-corrected chi connectivity index (χ2v) is 2.89. The van der Waals surface area contributed by atoms with Gasteiger partial charge in [-0.25, -0.2) is 0 Å². The number of hydrogen-bond donors (Lipinski definition) is 1. The van der Waals surface area contributed by atoms with Gasteiger partial charge in [0.2, 0.25) is 0 Å². The molecule has 0 saturated carbocycles. The summed E-state index contributed by atoms with van der Waals surface area (Å²) in [6.07, 6.45) is 1.06. The predicted molar refractivity (Wildman–Crippen MR) is 52.4 cm³/mol. The van der Waals surface area contributed by atoms with E-state index in [9.17, 15) is 12.9 Å². The zero-order valence-electron chi connectivity index (χ0n) is 7.46. The third kappa shape index (κ3) is 3.26. The molecule has 14 heavy (non-hydrogen) atoms. The fourth-order valence-corrected chi connectivity index (χ4v) is 1.10. The van der Waals surface area contributed by atoms with Gasteiger partial charge >= 0.3 is 6.98 Å². The molecule has 0 aliphatic rings. The Morgan fingerprint density at radius 3 is 2.43 bits per heavy atom. The van der Waals surface area contributed by atoms with Crippen LogP contribution in [-0.2, 0) is 6.54 Å². The zero-order valence-corrected chi connectivity index (χ0v) is 7.46. The third-order valence-electron chi connectivity index (χ3n) is 1.77. The van der Waals surface area contributed by atoms with Crippen molar-refractivity contribution < 1.29 is 12.9 Å². The van der Waals surface area contributed by atoms with E-state index in [0.717, 1.165) is 6.08 Å². The van der Waals surface area contributed by atoms with E-state index in [0.29, 0.717) is 11.1 Å². The molecule has 2 N–H and O–H groups in total. The fourth-order valence-electron chi connectivity index (χ4n) is 1.10. The van der Waals surface area contributed by atoms with E-state index in [2.05, 4.69) is 0 Å². The second-order valence-electron chi connectivity index (χ2n) is 2.89. The van der Waals surface area contributed by atoms with Crippen LogP contribution in [0.25, 0.3) is 6.08 Å². The van der Waals surface area contributed by atoms with Gasteiger partial charge in [0.1, 0.15) is 0 Å². The average molecular weight is 200 g/mol. The molecule has 0 radical (unpaired) electrons. The van der Waals surface area contributed by atoms with Gasteiger partial charge in [-0.15, -0.1) is 5.98 Å². The van der Waals surface area contributed by atoms with Crippen molar-refractivity contribution in [2.45, 2.75) is 6.54 Å². The average Bonchev–Trinajstić information content (AvgIpc) is 2.14. The SMILES string of the molecule is NCc1ccccc1/C=C/[B-](F)(F)F. The Labute approximate surface area is 80.5 Å². The van der Waals surface area contributed by atoms with E-state index in [1.807, 2.05) is 0 Å². The quantitative estimate of drug-likeness (QED) is 0.745. The van der Waals surface area contributed by atoms with Crippen LogP contribution in [-0.4, -0.2) is 6.98 Å². The molecule has 0 atom stereocenters. The van der Waals surface area contributed by atoms with E-state index in [1.54, 1.807) is 24.3 Å². The molecule has 1 aromatic carbocycles. The Kier molecular flexibility index (Phi) is 3.35. The van der Waals surface area contributed by atoms with Crippen molar-refractivity contribution in [1.29, 1.82) is 0 Å². The predicted octanol–water partition coefficient (Wildman–Crippen LogP) is 2.55. The monoisotopic (exact) mass is 200 g/mol. The van der Waals surface area contributed by atoms with E-state index < -0.39 is 6.98 Å². The van der Waals surface area contributed by atoms with Gasteiger partial charge in [-0.3, -0.25) is 0 Å². The first-order valence-electron chi connectivity index (χ1n) is 4.20. The van der Waals surface area contributed by atoms with Crippen molar-refractivity contribution in [3.63, 3.8) is 0 Å². The van der Waals surface area contributed by atoms with Crippen LogP contribution >= 0.6 is 0 Å². The van der Waals surface area contributed by atoms with Gasteiger partial charge in [-0.2, -0.15) is 0 Å². The highest BCUT2D eigenvalue weighted by Gasteiger charge is 2.17. The van der Waals surface area contributed by atoms with Crippen LogP contribution in [0.15, 0.2) is 30.2 Å². The van der Waals surface area contributed by atoms with Crippen molar-refractivity contribution in [2.75, 3.05) is 0 Å². The van der Waals surface area contributed by atoms with E-state index >= 15 is 0 Å². The molecule has 1 aromatic rings. The minimum Gasteiger partial charge on any atom is -0.445 e. The van der Waals surface area contributed by atoms with Crippen molar-refractivity contribution in [2.24, 2.45) is 5.73 Å². The second kappa shape index (κ2) is 4.33. The number of hydrogen-bond acceptors (Lipinski definition) is 1. The Morgan fingerprint density at radius 1 is 1.21 bits per heavy atom. The summed E-state index contributed by atoms with van der Waals surface area (Å²) in [5, 5.41) is 0. The van der Waals surface area contributed by atoms with Crippen LogP contribution in [0.2, 0.25) is 0 Å². The Morgan fingerprint density at radius 2 is 1.86 bits per heavy atom. The maximum Gasteiger partial charge on any atom is 0.502 e. The Balaban J connectivity index is 2.91. The largest absolute Gasteiger partial charge is 0.502 e. The number of halogens is 3. The van der Waals surface area contributed by atoms with Crippen molar-refractivity contribution in [3.05, 3.63) is 41.4 Å². The molecule has 0 saturated heterocycles. The number of benzene rings is 1. The maximum atomic E-state index is 11.9. The standard InChI is InChI=1S/C9H10BF3N/c11-10(12,13)6-5-8-3-1-2-4-9(8)7-14/h1-6H,7,14H2/q-1/b6-5+. The van der Waals surface area contributed by atoms with Gasteiger partial charge < -0.3 is 18.7 Å².